The Morgan fingerprint density at radius 1 is 0.667 bits per heavy atom. The maximum atomic E-state index is 8.82. The standard InChI is InChI=1S/C18H15P.C12H14ClN/c1-4-10-16(11-5-1)19(17-12-6-2-7-13-17)18-14-8-3-9-15-18;1-2-10(9-14)7-11-3-5-12(8-13)6-4-11/h1-15H;3-6,10H,2,7-8H2,1H3. The average Bonchev–Trinajstić information content (AvgIpc) is 2.90. The van der Waals surface area contributed by atoms with E-state index in [1.165, 1.54) is 21.5 Å². The van der Waals surface area contributed by atoms with E-state index in [0.29, 0.717) is 5.88 Å². The third-order valence-corrected chi connectivity index (χ3v) is 8.13. The van der Waals surface area contributed by atoms with E-state index in [2.05, 4.69) is 109 Å². The molecule has 1 unspecified atom stereocenters. The van der Waals surface area contributed by atoms with Gasteiger partial charge < -0.3 is 0 Å². The normalized spacial score (nSPS) is 11.2. The highest BCUT2D eigenvalue weighted by molar-refractivity contribution is 7.79. The molecule has 0 aromatic heterocycles. The van der Waals surface area contributed by atoms with Crippen LogP contribution in [0.25, 0.3) is 0 Å². The Kier molecular flexibility index (Phi) is 10.2. The molecule has 0 radical (unpaired) electrons. The maximum absolute atomic E-state index is 8.82. The first-order valence-electron chi connectivity index (χ1n) is 11.2. The topological polar surface area (TPSA) is 23.8 Å². The second kappa shape index (κ2) is 13.6. The van der Waals surface area contributed by atoms with Crippen LogP contribution in [0.3, 0.4) is 0 Å². The number of benzene rings is 4. The predicted molar refractivity (Wildman–Crippen MR) is 144 cm³/mol. The molecule has 0 amide bonds. The van der Waals surface area contributed by atoms with Crippen molar-refractivity contribution in [2.75, 3.05) is 0 Å². The Morgan fingerprint density at radius 2 is 1.06 bits per heavy atom. The second-order valence-corrected chi connectivity index (χ2v) is 10.2. The van der Waals surface area contributed by atoms with Gasteiger partial charge in [0, 0.05) is 5.88 Å². The summed E-state index contributed by atoms with van der Waals surface area (Å²) in [5.41, 5.74) is 2.34. The van der Waals surface area contributed by atoms with Gasteiger partial charge in [-0.15, -0.1) is 11.6 Å². The first-order chi connectivity index (χ1) is 16.2. The lowest BCUT2D eigenvalue weighted by atomic mass is 9.98. The lowest BCUT2D eigenvalue weighted by molar-refractivity contribution is 0.638. The lowest BCUT2D eigenvalue weighted by Crippen LogP contribution is -2.20. The van der Waals surface area contributed by atoms with Crippen LogP contribution in [0.5, 0.6) is 0 Å². The molecule has 0 heterocycles. The maximum Gasteiger partial charge on any atom is 0.0659 e. The molecular formula is C30H29ClNP. The van der Waals surface area contributed by atoms with E-state index < -0.39 is 7.92 Å². The number of alkyl halides is 1. The van der Waals surface area contributed by atoms with Crippen LogP contribution in [-0.2, 0) is 12.3 Å². The number of halogens is 1. The Bertz CT molecular complexity index is 1010. The van der Waals surface area contributed by atoms with Crippen LogP contribution in [0.2, 0.25) is 0 Å². The summed E-state index contributed by atoms with van der Waals surface area (Å²) in [7, 11) is -0.446. The number of nitriles is 1. The van der Waals surface area contributed by atoms with Crippen LogP contribution >= 0.6 is 19.5 Å². The van der Waals surface area contributed by atoms with Gasteiger partial charge in [-0.2, -0.15) is 5.26 Å². The molecule has 0 aliphatic heterocycles. The quantitative estimate of drug-likeness (QED) is 0.212. The minimum atomic E-state index is -0.446. The Hall–Kier alpha value is -2.91. The molecule has 0 bridgehead atoms. The molecule has 1 nitrogen and oxygen atoms in total. The molecule has 4 aromatic rings. The molecule has 0 spiro atoms. The molecule has 0 saturated heterocycles. The van der Waals surface area contributed by atoms with E-state index in [1.807, 2.05) is 19.1 Å². The fraction of sp³-hybridized carbons (Fsp3) is 0.167. The van der Waals surface area contributed by atoms with Crippen molar-refractivity contribution >= 4 is 35.4 Å². The summed E-state index contributed by atoms with van der Waals surface area (Å²) in [6.45, 7) is 2.04. The van der Waals surface area contributed by atoms with Crippen molar-refractivity contribution < 1.29 is 0 Å². The lowest BCUT2D eigenvalue weighted by Gasteiger charge is -2.18. The molecule has 1 atom stereocenters. The Balaban J connectivity index is 0.000000196. The summed E-state index contributed by atoms with van der Waals surface area (Å²) in [4.78, 5) is 0. The predicted octanol–water partition coefficient (Wildman–Crippen LogP) is 6.96. The van der Waals surface area contributed by atoms with Crippen molar-refractivity contribution in [1.29, 1.82) is 5.26 Å². The number of hydrogen-bond acceptors (Lipinski definition) is 1. The van der Waals surface area contributed by atoms with E-state index in [1.54, 1.807) is 0 Å². The summed E-state index contributed by atoms with van der Waals surface area (Å²) < 4.78 is 0. The van der Waals surface area contributed by atoms with Crippen LogP contribution in [0.1, 0.15) is 24.5 Å². The smallest absolute Gasteiger partial charge is 0.0659 e. The van der Waals surface area contributed by atoms with Crippen LogP contribution in [0.4, 0.5) is 0 Å². The SMILES string of the molecule is CCC(C#N)Cc1ccc(CCl)cc1.c1ccc(P(c2ccccc2)c2ccccc2)cc1. The highest BCUT2D eigenvalue weighted by Gasteiger charge is 2.15. The molecule has 0 fully saturated rings. The molecule has 0 N–H and O–H groups in total. The summed E-state index contributed by atoms with van der Waals surface area (Å²) in [5, 5.41) is 13.0. The fourth-order valence-electron chi connectivity index (χ4n) is 3.51. The molecule has 3 heteroatoms. The van der Waals surface area contributed by atoms with Crippen molar-refractivity contribution in [3.05, 3.63) is 126 Å². The highest BCUT2D eigenvalue weighted by Crippen LogP contribution is 2.32. The average molecular weight is 470 g/mol. The van der Waals surface area contributed by atoms with Gasteiger partial charge in [-0.05, 0) is 47.8 Å². The van der Waals surface area contributed by atoms with Crippen LogP contribution in [0, 0.1) is 17.2 Å². The zero-order chi connectivity index (χ0) is 23.3. The van der Waals surface area contributed by atoms with Gasteiger partial charge in [0.1, 0.15) is 0 Å². The zero-order valence-corrected chi connectivity index (χ0v) is 20.6. The number of rotatable bonds is 7. The number of hydrogen-bond donors (Lipinski definition) is 0. The van der Waals surface area contributed by atoms with E-state index in [0.717, 1.165) is 18.4 Å². The third-order valence-electron chi connectivity index (χ3n) is 5.38. The van der Waals surface area contributed by atoms with Gasteiger partial charge >= 0.3 is 0 Å². The molecule has 33 heavy (non-hydrogen) atoms. The minimum Gasteiger partial charge on any atom is -0.198 e. The first-order valence-corrected chi connectivity index (χ1v) is 13.1. The molecule has 0 saturated carbocycles. The molecular weight excluding hydrogens is 441 g/mol. The van der Waals surface area contributed by atoms with Crippen molar-refractivity contribution in [1.82, 2.24) is 0 Å². The van der Waals surface area contributed by atoms with Crippen molar-refractivity contribution in [3.8, 4) is 6.07 Å². The summed E-state index contributed by atoms with van der Waals surface area (Å²) in [6.07, 6.45) is 1.75. The van der Waals surface area contributed by atoms with Crippen molar-refractivity contribution in [2.45, 2.75) is 25.6 Å². The van der Waals surface area contributed by atoms with E-state index in [4.69, 9.17) is 16.9 Å². The van der Waals surface area contributed by atoms with Crippen LogP contribution < -0.4 is 15.9 Å². The van der Waals surface area contributed by atoms with E-state index in [9.17, 15) is 0 Å². The molecule has 0 aliphatic carbocycles. The van der Waals surface area contributed by atoms with Gasteiger partial charge in [0.25, 0.3) is 0 Å². The Labute approximate surface area is 204 Å². The van der Waals surface area contributed by atoms with Gasteiger partial charge in [-0.3, -0.25) is 0 Å². The van der Waals surface area contributed by atoms with Gasteiger partial charge in [0.05, 0.1) is 12.0 Å². The molecule has 166 valence electrons. The van der Waals surface area contributed by atoms with Crippen molar-refractivity contribution in [2.24, 2.45) is 5.92 Å². The van der Waals surface area contributed by atoms with Gasteiger partial charge in [-0.1, -0.05) is 122 Å². The van der Waals surface area contributed by atoms with Crippen LogP contribution in [-0.4, -0.2) is 0 Å². The second-order valence-electron chi connectivity index (χ2n) is 7.73. The van der Waals surface area contributed by atoms with Crippen molar-refractivity contribution in [3.63, 3.8) is 0 Å². The number of nitrogens with zero attached hydrogens (tertiary/aromatic N) is 1. The highest BCUT2D eigenvalue weighted by atomic mass is 35.5. The van der Waals surface area contributed by atoms with Gasteiger partial charge in [0.2, 0.25) is 0 Å². The van der Waals surface area contributed by atoms with Gasteiger partial charge in [-0.25, -0.2) is 0 Å². The monoisotopic (exact) mass is 469 g/mol. The largest absolute Gasteiger partial charge is 0.198 e. The summed E-state index contributed by atoms with van der Waals surface area (Å²) in [6, 6.07) is 42.8. The van der Waals surface area contributed by atoms with E-state index >= 15 is 0 Å². The fourth-order valence-corrected chi connectivity index (χ4v) is 5.99. The van der Waals surface area contributed by atoms with Gasteiger partial charge in [0.15, 0.2) is 0 Å². The first kappa shape index (κ1) is 24.7. The zero-order valence-electron chi connectivity index (χ0n) is 18.9. The molecule has 4 aromatic carbocycles. The molecule has 4 rings (SSSR count). The van der Waals surface area contributed by atoms with E-state index in [-0.39, 0.29) is 5.92 Å². The third kappa shape index (κ3) is 7.57. The minimum absolute atomic E-state index is 0.136. The molecule has 0 aliphatic rings. The van der Waals surface area contributed by atoms with Crippen LogP contribution in [0.15, 0.2) is 115 Å². The summed E-state index contributed by atoms with van der Waals surface area (Å²) in [5.74, 6) is 0.687. The Morgan fingerprint density at radius 3 is 1.39 bits per heavy atom. The summed E-state index contributed by atoms with van der Waals surface area (Å²) >= 11 is 5.69.